The normalized spacial score (nSPS) is 10.8. The van der Waals surface area contributed by atoms with Crippen LogP contribution in [0.25, 0.3) is 16.7 Å². The first-order valence-corrected chi connectivity index (χ1v) is 7.70. The Balaban J connectivity index is 1.75. The summed E-state index contributed by atoms with van der Waals surface area (Å²) in [7, 11) is 0. The molecular formula is C18H14N6O. The predicted molar refractivity (Wildman–Crippen MR) is 93.6 cm³/mol. The first-order chi connectivity index (χ1) is 12.2. The number of rotatable bonds is 3. The van der Waals surface area contributed by atoms with Crippen molar-refractivity contribution in [2.24, 2.45) is 0 Å². The fraction of sp³-hybridized carbons (Fsp3) is 0.0556. The van der Waals surface area contributed by atoms with Crippen molar-refractivity contribution in [1.82, 2.24) is 24.7 Å². The topological polar surface area (TPSA) is 85.6 Å². The minimum atomic E-state index is -0.226. The van der Waals surface area contributed by atoms with Crippen LogP contribution in [0.3, 0.4) is 0 Å². The van der Waals surface area contributed by atoms with Crippen molar-refractivity contribution in [3.63, 3.8) is 0 Å². The van der Waals surface area contributed by atoms with Crippen molar-refractivity contribution in [3.05, 3.63) is 72.6 Å². The Labute approximate surface area is 143 Å². The van der Waals surface area contributed by atoms with Crippen molar-refractivity contribution in [1.29, 1.82) is 0 Å². The molecule has 0 bridgehead atoms. The summed E-state index contributed by atoms with van der Waals surface area (Å²) in [4.78, 5) is 25.6. The summed E-state index contributed by atoms with van der Waals surface area (Å²) in [6.45, 7) is 1.87. The summed E-state index contributed by atoms with van der Waals surface area (Å²) in [5.74, 6) is 0.277. The highest BCUT2D eigenvalue weighted by atomic mass is 16.1. The molecule has 1 N–H and O–H groups in total. The van der Waals surface area contributed by atoms with Gasteiger partial charge < -0.3 is 5.32 Å². The third-order valence-electron chi connectivity index (χ3n) is 3.76. The molecule has 4 aromatic rings. The molecule has 0 spiro atoms. The second kappa shape index (κ2) is 6.12. The Kier molecular flexibility index (Phi) is 3.66. The van der Waals surface area contributed by atoms with Gasteiger partial charge in [0.2, 0.25) is 0 Å². The lowest BCUT2D eigenvalue weighted by molar-refractivity contribution is 0.102. The number of benzene rings is 1. The van der Waals surface area contributed by atoms with Crippen LogP contribution in [0.15, 0.2) is 61.3 Å². The van der Waals surface area contributed by atoms with Crippen LogP contribution in [-0.4, -0.2) is 30.6 Å². The molecule has 7 nitrogen and oxygen atoms in total. The van der Waals surface area contributed by atoms with Crippen LogP contribution in [0, 0.1) is 6.92 Å². The second-order valence-electron chi connectivity index (χ2n) is 5.50. The number of fused-ring (bicyclic) bond motifs is 1. The maximum absolute atomic E-state index is 12.9. The van der Waals surface area contributed by atoms with E-state index in [4.69, 9.17) is 0 Å². The molecular weight excluding hydrogens is 316 g/mol. The van der Waals surface area contributed by atoms with Gasteiger partial charge in [-0.3, -0.25) is 9.78 Å². The number of carbonyl (C=O) groups is 1. The van der Waals surface area contributed by atoms with E-state index in [2.05, 4.69) is 25.4 Å². The summed E-state index contributed by atoms with van der Waals surface area (Å²) in [6.07, 6.45) is 4.59. The van der Waals surface area contributed by atoms with Gasteiger partial charge in [-0.1, -0.05) is 18.2 Å². The minimum Gasteiger partial charge on any atom is -0.319 e. The number of pyridine rings is 2. The molecule has 25 heavy (non-hydrogen) atoms. The Hall–Kier alpha value is -3.61. The highest BCUT2D eigenvalue weighted by molar-refractivity contribution is 6.12. The zero-order chi connectivity index (χ0) is 17.2. The van der Waals surface area contributed by atoms with Crippen LogP contribution >= 0.6 is 0 Å². The maximum atomic E-state index is 12.9. The lowest BCUT2D eigenvalue weighted by Gasteiger charge is -2.11. The number of aryl methyl sites for hydroxylation is 1. The summed E-state index contributed by atoms with van der Waals surface area (Å²) in [5.41, 5.74) is 2.69. The molecule has 0 radical (unpaired) electrons. The van der Waals surface area contributed by atoms with Crippen molar-refractivity contribution in [2.45, 2.75) is 6.92 Å². The number of nitrogens with one attached hydrogen (secondary N) is 1. The summed E-state index contributed by atoms with van der Waals surface area (Å²) in [5, 5.41) is 7.79. The average molecular weight is 330 g/mol. The van der Waals surface area contributed by atoms with Gasteiger partial charge in [0.25, 0.3) is 5.91 Å². The van der Waals surface area contributed by atoms with Gasteiger partial charge in [0, 0.05) is 17.3 Å². The fourth-order valence-corrected chi connectivity index (χ4v) is 2.68. The third-order valence-corrected chi connectivity index (χ3v) is 3.76. The Morgan fingerprint density at radius 2 is 2.04 bits per heavy atom. The highest BCUT2D eigenvalue weighted by Gasteiger charge is 2.15. The monoisotopic (exact) mass is 330 g/mol. The third kappa shape index (κ3) is 2.83. The fourth-order valence-electron chi connectivity index (χ4n) is 2.68. The lowest BCUT2D eigenvalue weighted by Crippen LogP contribution is -2.15. The van der Waals surface area contributed by atoms with Gasteiger partial charge in [0.05, 0.1) is 16.8 Å². The van der Waals surface area contributed by atoms with E-state index < -0.39 is 0 Å². The van der Waals surface area contributed by atoms with Gasteiger partial charge in [-0.25, -0.2) is 14.6 Å². The molecule has 0 unspecified atom stereocenters. The van der Waals surface area contributed by atoms with E-state index in [-0.39, 0.29) is 5.91 Å². The van der Waals surface area contributed by atoms with Gasteiger partial charge in [0.1, 0.15) is 12.7 Å². The Bertz CT molecular complexity index is 1060. The van der Waals surface area contributed by atoms with Crippen molar-refractivity contribution in [2.75, 3.05) is 5.32 Å². The summed E-state index contributed by atoms with van der Waals surface area (Å²) in [6, 6.07) is 12.9. The van der Waals surface area contributed by atoms with E-state index in [0.29, 0.717) is 17.1 Å². The molecule has 0 atom stereocenters. The summed E-state index contributed by atoms with van der Waals surface area (Å²) < 4.78 is 1.51. The van der Waals surface area contributed by atoms with E-state index in [1.165, 1.54) is 17.3 Å². The number of anilines is 1. The Morgan fingerprint density at radius 3 is 2.88 bits per heavy atom. The summed E-state index contributed by atoms with van der Waals surface area (Å²) >= 11 is 0. The number of hydrogen-bond acceptors (Lipinski definition) is 5. The number of hydrogen-bond donors (Lipinski definition) is 1. The van der Waals surface area contributed by atoms with Gasteiger partial charge >= 0.3 is 0 Å². The quantitative estimate of drug-likeness (QED) is 0.624. The zero-order valence-electron chi connectivity index (χ0n) is 13.4. The van der Waals surface area contributed by atoms with Gasteiger partial charge in [0.15, 0.2) is 5.82 Å². The Morgan fingerprint density at radius 1 is 1.16 bits per heavy atom. The van der Waals surface area contributed by atoms with E-state index >= 15 is 0 Å². The van der Waals surface area contributed by atoms with Crippen LogP contribution in [-0.2, 0) is 0 Å². The van der Waals surface area contributed by atoms with Crippen molar-refractivity contribution < 1.29 is 4.79 Å². The van der Waals surface area contributed by atoms with Crippen LogP contribution in [0.4, 0.5) is 5.69 Å². The molecule has 3 aromatic heterocycles. The standard InChI is InChI=1S/C18H14N6O/c1-12-9-14(13-5-2-3-6-15(13)22-12)18(25)23-16-7-4-8-20-17(16)24-11-19-10-21-24/h2-11H,1H3,(H,23,25). The lowest BCUT2D eigenvalue weighted by atomic mass is 10.1. The predicted octanol–water partition coefficient (Wildman–Crippen LogP) is 2.77. The average Bonchev–Trinajstić information content (AvgIpc) is 3.16. The minimum absolute atomic E-state index is 0.226. The molecule has 1 aromatic carbocycles. The molecule has 7 heteroatoms. The first kappa shape index (κ1) is 14.9. The molecule has 122 valence electrons. The van der Waals surface area contributed by atoms with Gasteiger partial charge in [-0.15, -0.1) is 0 Å². The molecule has 0 saturated heterocycles. The number of nitrogens with zero attached hydrogens (tertiary/aromatic N) is 5. The van der Waals surface area contributed by atoms with Gasteiger partial charge in [-0.2, -0.15) is 5.10 Å². The van der Waals surface area contributed by atoms with Crippen LogP contribution in [0.2, 0.25) is 0 Å². The zero-order valence-corrected chi connectivity index (χ0v) is 13.4. The number of carbonyl (C=O) groups excluding carboxylic acids is 1. The number of amides is 1. The first-order valence-electron chi connectivity index (χ1n) is 7.70. The van der Waals surface area contributed by atoms with E-state index in [0.717, 1.165) is 16.6 Å². The second-order valence-corrected chi connectivity index (χ2v) is 5.50. The molecule has 0 aliphatic rings. The molecule has 0 saturated carbocycles. The van der Waals surface area contributed by atoms with Gasteiger partial charge in [-0.05, 0) is 31.2 Å². The van der Waals surface area contributed by atoms with Crippen LogP contribution < -0.4 is 5.32 Å². The van der Waals surface area contributed by atoms with E-state index in [9.17, 15) is 4.79 Å². The largest absolute Gasteiger partial charge is 0.319 e. The molecule has 0 aliphatic carbocycles. The van der Waals surface area contributed by atoms with Crippen LogP contribution in [0.1, 0.15) is 16.1 Å². The maximum Gasteiger partial charge on any atom is 0.256 e. The van der Waals surface area contributed by atoms with Crippen LogP contribution in [0.5, 0.6) is 0 Å². The SMILES string of the molecule is Cc1cc(C(=O)Nc2cccnc2-n2cncn2)c2ccccc2n1. The molecule has 0 fully saturated rings. The van der Waals surface area contributed by atoms with E-state index in [1.54, 1.807) is 24.4 Å². The smallest absolute Gasteiger partial charge is 0.256 e. The molecule has 1 amide bonds. The molecule has 0 aliphatic heterocycles. The highest BCUT2D eigenvalue weighted by Crippen LogP contribution is 2.21. The van der Waals surface area contributed by atoms with Crippen molar-refractivity contribution >= 4 is 22.5 Å². The number of aromatic nitrogens is 5. The molecule has 3 heterocycles. The number of para-hydroxylation sites is 1. The van der Waals surface area contributed by atoms with E-state index in [1.807, 2.05) is 31.2 Å². The van der Waals surface area contributed by atoms with Crippen molar-refractivity contribution in [3.8, 4) is 5.82 Å². The molecule has 4 rings (SSSR count).